The predicted octanol–water partition coefficient (Wildman–Crippen LogP) is 1.80. The number of carbonyl (C=O) groups is 1. The van der Waals surface area contributed by atoms with Crippen molar-refractivity contribution >= 4 is 30.8 Å². The molecule has 58 valence electrons. The van der Waals surface area contributed by atoms with Crippen molar-refractivity contribution in [3.8, 4) is 0 Å². The van der Waals surface area contributed by atoms with E-state index in [0.29, 0.717) is 13.0 Å². The van der Waals surface area contributed by atoms with Crippen LogP contribution in [0.2, 0.25) is 0 Å². The van der Waals surface area contributed by atoms with E-state index in [-0.39, 0.29) is 30.8 Å². The molecule has 0 aliphatic carbocycles. The van der Waals surface area contributed by atoms with E-state index in [1.807, 2.05) is 0 Å². The van der Waals surface area contributed by atoms with Crippen molar-refractivity contribution in [3.05, 3.63) is 0 Å². The van der Waals surface area contributed by atoms with Gasteiger partial charge in [0.2, 0.25) is 0 Å². The Morgan fingerprint density at radius 2 is 1.78 bits per heavy atom. The first kappa shape index (κ1) is 16.0. The van der Waals surface area contributed by atoms with Crippen LogP contribution in [-0.2, 0) is 9.53 Å². The first-order valence-corrected chi connectivity index (χ1v) is 2.46. The van der Waals surface area contributed by atoms with Gasteiger partial charge in [-0.05, 0) is 6.92 Å². The van der Waals surface area contributed by atoms with E-state index in [1.54, 1.807) is 13.8 Å². The molecule has 0 atom stereocenters. The van der Waals surface area contributed by atoms with E-state index in [4.69, 9.17) is 0 Å². The van der Waals surface area contributed by atoms with Crippen LogP contribution in [0.15, 0.2) is 0 Å². The Bertz CT molecular complexity index is 66.0. The van der Waals surface area contributed by atoms with Gasteiger partial charge in [0.05, 0.1) is 6.61 Å². The van der Waals surface area contributed by atoms with Crippen LogP contribution in [0, 0.1) is 0 Å². The van der Waals surface area contributed by atoms with Gasteiger partial charge in [-0.1, -0.05) is 6.92 Å². The lowest BCUT2D eigenvalue weighted by atomic mass is 10.5. The van der Waals surface area contributed by atoms with E-state index in [1.165, 1.54) is 0 Å². The molecule has 2 nitrogen and oxygen atoms in total. The molecule has 0 amide bonds. The fraction of sp³-hybridized carbons (Fsp3) is 0.800. The van der Waals surface area contributed by atoms with Gasteiger partial charge < -0.3 is 4.74 Å². The van der Waals surface area contributed by atoms with Gasteiger partial charge in [-0.3, -0.25) is 4.79 Å². The topological polar surface area (TPSA) is 26.3 Å². The second-order valence-electron chi connectivity index (χ2n) is 1.16. The molecule has 0 radical (unpaired) electrons. The lowest BCUT2D eigenvalue weighted by molar-refractivity contribution is -0.142. The molecule has 4 heteroatoms. The molecule has 0 aromatic heterocycles. The molecule has 0 aliphatic rings. The van der Waals surface area contributed by atoms with Crippen molar-refractivity contribution in [2.24, 2.45) is 0 Å². The van der Waals surface area contributed by atoms with Crippen LogP contribution in [0.5, 0.6) is 0 Å². The molecule has 0 aromatic carbocycles. The van der Waals surface area contributed by atoms with Crippen LogP contribution >= 0.6 is 24.8 Å². The Balaban J connectivity index is -0.000000180. The number of hydrogen-bond donors (Lipinski definition) is 0. The van der Waals surface area contributed by atoms with Gasteiger partial charge in [0.25, 0.3) is 0 Å². The molecular weight excluding hydrogens is 163 g/mol. The summed E-state index contributed by atoms with van der Waals surface area (Å²) in [6, 6.07) is 0. The zero-order valence-electron chi connectivity index (χ0n) is 5.55. The third-order valence-corrected chi connectivity index (χ3v) is 0.594. The van der Waals surface area contributed by atoms with E-state index in [0.717, 1.165) is 0 Å². The summed E-state index contributed by atoms with van der Waals surface area (Å²) in [5, 5.41) is 0. The summed E-state index contributed by atoms with van der Waals surface area (Å²) >= 11 is 0. The summed E-state index contributed by atoms with van der Waals surface area (Å²) in [5.74, 6) is -0.123. The van der Waals surface area contributed by atoms with Crippen LogP contribution in [0.4, 0.5) is 0 Å². The first-order chi connectivity index (χ1) is 3.31. The van der Waals surface area contributed by atoms with Crippen LogP contribution in [0.3, 0.4) is 0 Å². The van der Waals surface area contributed by atoms with Crippen molar-refractivity contribution < 1.29 is 9.53 Å². The molecule has 0 spiro atoms. The molecule has 0 heterocycles. The first-order valence-electron chi connectivity index (χ1n) is 2.46. The highest BCUT2D eigenvalue weighted by atomic mass is 35.5. The monoisotopic (exact) mass is 174 g/mol. The molecule has 0 fully saturated rings. The highest BCUT2D eigenvalue weighted by Gasteiger charge is 1.91. The summed E-state index contributed by atoms with van der Waals surface area (Å²) in [6.45, 7) is 4.07. The van der Waals surface area contributed by atoms with Gasteiger partial charge in [-0.25, -0.2) is 0 Å². The van der Waals surface area contributed by atoms with Crippen LogP contribution in [-0.4, -0.2) is 12.6 Å². The van der Waals surface area contributed by atoms with Crippen molar-refractivity contribution in [1.29, 1.82) is 0 Å². The molecule has 0 saturated heterocycles. The zero-order valence-corrected chi connectivity index (χ0v) is 7.18. The lowest BCUT2D eigenvalue weighted by Crippen LogP contribution is -2.00. The van der Waals surface area contributed by atoms with Crippen molar-refractivity contribution in [1.82, 2.24) is 0 Å². The number of carbonyl (C=O) groups excluding carboxylic acids is 1. The summed E-state index contributed by atoms with van der Waals surface area (Å²) in [7, 11) is 0. The van der Waals surface area contributed by atoms with E-state index in [9.17, 15) is 4.79 Å². The zero-order chi connectivity index (χ0) is 5.70. The standard InChI is InChI=1S/C5H10O2.2ClH/c1-3-5(6)7-4-2;;/h3-4H2,1-2H3;2*1H. The Labute approximate surface area is 67.8 Å². The molecule has 0 saturated carbocycles. The molecule has 0 unspecified atom stereocenters. The normalized spacial score (nSPS) is 6.44. The maximum Gasteiger partial charge on any atom is 0.305 e. The maximum atomic E-state index is 10.2. The Kier molecular flexibility index (Phi) is 19.5. The second-order valence-corrected chi connectivity index (χ2v) is 1.16. The number of ether oxygens (including phenoxy) is 1. The largest absolute Gasteiger partial charge is 0.466 e. The van der Waals surface area contributed by atoms with Crippen LogP contribution in [0.25, 0.3) is 0 Å². The number of hydrogen-bond acceptors (Lipinski definition) is 2. The summed E-state index contributed by atoms with van der Waals surface area (Å²) in [4.78, 5) is 10.2. The average molecular weight is 175 g/mol. The minimum atomic E-state index is -0.123. The highest BCUT2D eigenvalue weighted by molar-refractivity contribution is 5.85. The quantitative estimate of drug-likeness (QED) is 0.598. The smallest absolute Gasteiger partial charge is 0.305 e. The van der Waals surface area contributed by atoms with Gasteiger partial charge >= 0.3 is 5.97 Å². The van der Waals surface area contributed by atoms with Crippen LogP contribution in [0.1, 0.15) is 20.3 Å². The molecule has 0 rings (SSSR count). The molecule has 0 aromatic rings. The van der Waals surface area contributed by atoms with Gasteiger partial charge in [0.15, 0.2) is 0 Å². The van der Waals surface area contributed by atoms with Crippen LogP contribution < -0.4 is 0 Å². The van der Waals surface area contributed by atoms with E-state index >= 15 is 0 Å². The molecule has 9 heavy (non-hydrogen) atoms. The Morgan fingerprint density at radius 3 is 1.89 bits per heavy atom. The number of halogens is 2. The van der Waals surface area contributed by atoms with E-state index < -0.39 is 0 Å². The Morgan fingerprint density at radius 1 is 1.33 bits per heavy atom. The average Bonchev–Trinajstić information content (AvgIpc) is 1.68. The van der Waals surface area contributed by atoms with Crippen molar-refractivity contribution in [2.75, 3.05) is 6.61 Å². The van der Waals surface area contributed by atoms with Gasteiger partial charge in [-0.15, -0.1) is 24.8 Å². The lowest BCUT2D eigenvalue weighted by Gasteiger charge is -1.93. The summed E-state index contributed by atoms with van der Waals surface area (Å²) < 4.78 is 4.55. The molecule has 0 aliphatic heterocycles. The van der Waals surface area contributed by atoms with Gasteiger partial charge in [0.1, 0.15) is 0 Å². The molecule has 0 bridgehead atoms. The van der Waals surface area contributed by atoms with Gasteiger partial charge in [0, 0.05) is 6.42 Å². The highest BCUT2D eigenvalue weighted by Crippen LogP contribution is 1.80. The maximum absolute atomic E-state index is 10.2. The van der Waals surface area contributed by atoms with Crippen molar-refractivity contribution in [3.63, 3.8) is 0 Å². The minimum Gasteiger partial charge on any atom is -0.466 e. The number of esters is 1. The number of rotatable bonds is 2. The molecular formula is C5H12Cl2O2. The fourth-order valence-electron chi connectivity index (χ4n) is 0.263. The Hall–Kier alpha value is 0.0500. The summed E-state index contributed by atoms with van der Waals surface area (Å²) in [5.41, 5.74) is 0. The third kappa shape index (κ3) is 11.6. The van der Waals surface area contributed by atoms with Gasteiger partial charge in [-0.2, -0.15) is 0 Å². The summed E-state index contributed by atoms with van der Waals surface area (Å²) in [6.07, 6.45) is 0.480. The predicted molar refractivity (Wildman–Crippen MR) is 41.4 cm³/mol. The third-order valence-electron chi connectivity index (χ3n) is 0.594. The fourth-order valence-corrected chi connectivity index (χ4v) is 0.263. The van der Waals surface area contributed by atoms with E-state index in [2.05, 4.69) is 4.74 Å². The van der Waals surface area contributed by atoms with Crippen molar-refractivity contribution in [2.45, 2.75) is 20.3 Å². The minimum absolute atomic E-state index is 0. The molecule has 0 N–H and O–H groups in total. The SMILES string of the molecule is CCOC(=O)CC.Cl.Cl. The second kappa shape index (κ2) is 10.9.